The molecule has 4 aliphatic carbocycles. The van der Waals surface area contributed by atoms with E-state index in [9.17, 15) is 9.59 Å². The van der Waals surface area contributed by atoms with E-state index in [1.165, 1.54) is 0 Å². The van der Waals surface area contributed by atoms with Gasteiger partial charge in [-0.25, -0.2) is 9.59 Å². The second-order valence-corrected chi connectivity index (χ2v) is 12.1. The summed E-state index contributed by atoms with van der Waals surface area (Å²) in [5, 5.41) is 0. The summed E-state index contributed by atoms with van der Waals surface area (Å²) >= 11 is 0. The van der Waals surface area contributed by atoms with E-state index in [0.29, 0.717) is 0 Å². The van der Waals surface area contributed by atoms with Crippen molar-refractivity contribution in [1.29, 1.82) is 0 Å². The topological polar surface area (TPSA) is 84.0 Å². The Balaban J connectivity index is 1.22. The normalized spacial score (nSPS) is 29.8. The van der Waals surface area contributed by atoms with Crippen molar-refractivity contribution in [3.63, 3.8) is 0 Å². The zero-order valence-electron chi connectivity index (χ0n) is 22.8. The molecule has 0 radical (unpaired) electrons. The second kappa shape index (κ2) is 12.3. The van der Waals surface area contributed by atoms with Gasteiger partial charge in [-0.15, -0.1) is 0 Å². The lowest BCUT2D eigenvalue weighted by molar-refractivity contribution is -0.0690. The van der Waals surface area contributed by atoms with Crippen molar-refractivity contribution >= 4 is 12.1 Å². The third kappa shape index (κ3) is 5.64. The van der Waals surface area contributed by atoms with Crippen molar-refractivity contribution in [3.8, 4) is 0 Å². The fraction of sp³-hybridized carbons (Fsp3) is 0.929. The summed E-state index contributed by atoms with van der Waals surface area (Å²) in [6.45, 7) is 0.703. The highest BCUT2D eigenvalue weighted by atomic mass is 16.5. The first-order chi connectivity index (χ1) is 18.7. The van der Waals surface area contributed by atoms with Crippen LogP contribution in [0.15, 0.2) is 0 Å². The van der Waals surface area contributed by atoms with E-state index in [0.717, 1.165) is 103 Å². The Morgan fingerprint density at radius 2 is 0.632 bits per heavy atom. The summed E-state index contributed by atoms with van der Waals surface area (Å²) in [6, 6.07) is -0.277. The van der Waals surface area contributed by atoms with Crippen LogP contribution in [0.2, 0.25) is 0 Å². The van der Waals surface area contributed by atoms with Gasteiger partial charge in [-0.1, -0.05) is 51.4 Å². The van der Waals surface area contributed by atoms with E-state index in [1.54, 1.807) is 19.6 Å². The molecule has 38 heavy (non-hydrogen) atoms. The maximum absolute atomic E-state index is 13.9. The fourth-order valence-corrected chi connectivity index (χ4v) is 7.25. The minimum atomic E-state index is -0.489. The maximum atomic E-state index is 13.9. The molecule has 2 saturated heterocycles. The molecule has 4 saturated carbocycles. The Morgan fingerprint density at radius 3 is 0.842 bits per heavy atom. The molecule has 0 N–H and O–H groups in total. The number of urea groups is 2. The molecule has 6 rings (SSSR count). The van der Waals surface area contributed by atoms with Crippen LogP contribution in [0.4, 0.5) is 9.59 Å². The van der Waals surface area contributed by atoms with Crippen LogP contribution in [0.3, 0.4) is 0 Å². The van der Waals surface area contributed by atoms with Gasteiger partial charge in [0, 0.05) is 0 Å². The summed E-state index contributed by atoms with van der Waals surface area (Å²) in [7, 11) is 0. The number of rotatable bonds is 12. The molecule has 0 bridgehead atoms. The summed E-state index contributed by atoms with van der Waals surface area (Å²) in [6.07, 6.45) is 17.3. The zero-order valence-corrected chi connectivity index (χ0v) is 22.8. The van der Waals surface area contributed by atoms with E-state index in [4.69, 9.17) is 18.9 Å². The van der Waals surface area contributed by atoms with Gasteiger partial charge in [0.15, 0.2) is 12.3 Å². The van der Waals surface area contributed by atoms with Gasteiger partial charge in [0.2, 0.25) is 0 Å². The number of carbonyl (C=O) groups excluding carboxylic acids is 2. The third-order valence-electron chi connectivity index (χ3n) is 9.53. The molecular formula is C28H46N4O6. The van der Waals surface area contributed by atoms with Crippen molar-refractivity contribution in [2.75, 3.05) is 26.9 Å². The quantitative estimate of drug-likeness (QED) is 0.358. The first-order valence-electron chi connectivity index (χ1n) is 15.3. The van der Waals surface area contributed by atoms with Crippen molar-refractivity contribution in [2.24, 2.45) is 0 Å². The van der Waals surface area contributed by atoms with Gasteiger partial charge >= 0.3 is 12.1 Å². The second-order valence-electron chi connectivity index (χ2n) is 12.1. The number of fused-ring (bicyclic) bond motifs is 1. The highest BCUT2D eigenvalue weighted by Gasteiger charge is 2.60. The molecule has 0 aromatic heterocycles. The molecule has 2 aliphatic heterocycles. The SMILES string of the molecule is O=C1N(COC2CCCC2)C2C(N1COC1CCCC1)N(COC1CCCC1)C(=O)N2COC1CCCC1. The average Bonchev–Trinajstić information content (AvgIpc) is 3.75. The zero-order chi connectivity index (χ0) is 25.9. The lowest BCUT2D eigenvalue weighted by Gasteiger charge is -2.31. The number of hydrogen-bond donors (Lipinski definition) is 0. The molecule has 0 unspecified atom stereocenters. The summed E-state index contributed by atoms with van der Waals surface area (Å²) < 4.78 is 25.0. The Hall–Kier alpha value is -1.62. The first kappa shape index (κ1) is 26.6. The molecule has 0 atom stereocenters. The number of nitrogens with zero attached hydrogens (tertiary/aromatic N) is 4. The standard InChI is InChI=1S/C28H46N4O6/c33-27-29(17-35-21-9-1-2-10-21)25-26(31(27)19-37-23-13-5-6-14-23)32(20-38-24-15-7-8-16-24)28(34)30(25)18-36-22-11-3-4-12-22/h21-26H,1-20H2. The molecule has 2 heterocycles. The minimum absolute atomic E-state index is 0.139. The molecule has 0 aromatic rings. The van der Waals surface area contributed by atoms with E-state index < -0.39 is 12.3 Å². The molecule has 6 aliphatic rings. The maximum Gasteiger partial charge on any atom is 0.327 e. The van der Waals surface area contributed by atoms with Crippen molar-refractivity contribution in [1.82, 2.24) is 19.6 Å². The van der Waals surface area contributed by atoms with Crippen LogP contribution >= 0.6 is 0 Å². The molecular weight excluding hydrogens is 488 g/mol. The molecule has 10 nitrogen and oxygen atoms in total. The highest BCUT2D eigenvalue weighted by Crippen LogP contribution is 2.37. The van der Waals surface area contributed by atoms with Crippen LogP contribution in [-0.2, 0) is 18.9 Å². The van der Waals surface area contributed by atoms with E-state index >= 15 is 0 Å². The van der Waals surface area contributed by atoms with Crippen molar-refractivity contribution in [2.45, 2.75) is 139 Å². The number of ether oxygens (including phenoxy) is 4. The molecule has 6 fully saturated rings. The van der Waals surface area contributed by atoms with Crippen LogP contribution in [0.5, 0.6) is 0 Å². The van der Waals surface area contributed by atoms with Gasteiger partial charge < -0.3 is 18.9 Å². The van der Waals surface area contributed by atoms with Gasteiger partial charge in [0.25, 0.3) is 0 Å². The smallest absolute Gasteiger partial charge is 0.327 e. The van der Waals surface area contributed by atoms with E-state index in [1.807, 2.05) is 0 Å². The third-order valence-corrected chi connectivity index (χ3v) is 9.53. The summed E-state index contributed by atoms with van der Waals surface area (Å²) in [5.74, 6) is 0. The lowest BCUT2D eigenvalue weighted by atomic mass is 10.3. The summed E-state index contributed by atoms with van der Waals surface area (Å²) in [4.78, 5) is 34.7. The van der Waals surface area contributed by atoms with Crippen LogP contribution in [0.25, 0.3) is 0 Å². The largest absolute Gasteiger partial charge is 0.358 e. The minimum Gasteiger partial charge on any atom is -0.358 e. The van der Waals surface area contributed by atoms with Crippen molar-refractivity contribution < 1.29 is 28.5 Å². The molecule has 214 valence electrons. The average molecular weight is 535 g/mol. The molecule has 0 spiro atoms. The Labute approximate surface area is 226 Å². The van der Waals surface area contributed by atoms with Crippen LogP contribution in [0, 0.1) is 0 Å². The Morgan fingerprint density at radius 1 is 0.421 bits per heavy atom. The van der Waals surface area contributed by atoms with Crippen LogP contribution in [-0.4, -0.2) is 95.3 Å². The van der Waals surface area contributed by atoms with Crippen molar-refractivity contribution in [3.05, 3.63) is 0 Å². The van der Waals surface area contributed by atoms with Gasteiger partial charge in [0.05, 0.1) is 24.4 Å². The molecule has 10 heteroatoms. The predicted octanol–water partition coefficient (Wildman–Crippen LogP) is 4.78. The Bertz CT molecular complexity index is 681. The lowest BCUT2D eigenvalue weighted by Crippen LogP contribution is -2.49. The summed E-state index contributed by atoms with van der Waals surface area (Å²) in [5.41, 5.74) is 0. The number of hydrogen-bond acceptors (Lipinski definition) is 6. The number of carbonyl (C=O) groups is 2. The predicted molar refractivity (Wildman–Crippen MR) is 139 cm³/mol. The first-order valence-corrected chi connectivity index (χ1v) is 15.3. The fourth-order valence-electron chi connectivity index (χ4n) is 7.25. The van der Waals surface area contributed by atoms with E-state index in [-0.39, 0.29) is 63.4 Å². The Kier molecular flexibility index (Phi) is 8.59. The highest BCUT2D eigenvalue weighted by molar-refractivity contribution is 5.85. The monoisotopic (exact) mass is 534 g/mol. The van der Waals surface area contributed by atoms with Crippen LogP contribution < -0.4 is 0 Å². The van der Waals surface area contributed by atoms with Gasteiger partial charge in [-0.3, -0.25) is 19.6 Å². The van der Waals surface area contributed by atoms with Crippen LogP contribution in [0.1, 0.15) is 103 Å². The number of amides is 4. The van der Waals surface area contributed by atoms with E-state index in [2.05, 4.69) is 0 Å². The van der Waals surface area contributed by atoms with Gasteiger partial charge in [-0.2, -0.15) is 0 Å². The molecule has 0 aromatic carbocycles. The molecule has 4 amide bonds. The van der Waals surface area contributed by atoms with Gasteiger partial charge in [-0.05, 0) is 51.4 Å². The van der Waals surface area contributed by atoms with Gasteiger partial charge in [0.1, 0.15) is 26.9 Å².